The lowest BCUT2D eigenvalue weighted by molar-refractivity contribution is 0.218. The number of aryl methyl sites for hydroxylation is 2. The predicted octanol–water partition coefficient (Wildman–Crippen LogP) is 6.05. The molecule has 1 aliphatic heterocycles. The fourth-order valence-electron chi connectivity index (χ4n) is 5.25. The van der Waals surface area contributed by atoms with Crippen LogP contribution in [0.1, 0.15) is 41.1 Å². The molecule has 3 nitrogen and oxygen atoms in total. The topological polar surface area (TPSA) is 35.8 Å². The van der Waals surface area contributed by atoms with Gasteiger partial charge in [-0.25, -0.2) is 0 Å². The molecule has 3 heteroatoms. The zero-order valence-corrected chi connectivity index (χ0v) is 18.0. The number of aliphatic hydroxyl groups excluding tert-OH is 1. The van der Waals surface area contributed by atoms with Crippen LogP contribution in [0.3, 0.4) is 0 Å². The number of hydrogen-bond donors (Lipinski definition) is 1. The van der Waals surface area contributed by atoms with Crippen LogP contribution in [0.2, 0.25) is 0 Å². The van der Waals surface area contributed by atoms with E-state index in [4.69, 9.17) is 5.10 Å². The summed E-state index contributed by atoms with van der Waals surface area (Å²) in [5, 5.41) is 21.0. The first-order valence-corrected chi connectivity index (χ1v) is 11.5. The monoisotopic (exact) mass is 418 g/mol. The van der Waals surface area contributed by atoms with Gasteiger partial charge < -0.3 is 5.11 Å². The van der Waals surface area contributed by atoms with Crippen molar-refractivity contribution in [1.29, 1.82) is 0 Å². The van der Waals surface area contributed by atoms with Crippen molar-refractivity contribution in [2.75, 3.05) is 5.01 Å². The SMILES string of the molecule is OC1C(c2ccc3c(c2)CCCC3)=NN(c2ccccc2)C1c1cccc2ccccc12. The molecule has 2 atom stereocenters. The van der Waals surface area contributed by atoms with Crippen LogP contribution in [0.4, 0.5) is 5.69 Å². The third-order valence-electron chi connectivity index (χ3n) is 6.87. The molecule has 4 aromatic carbocycles. The van der Waals surface area contributed by atoms with Crippen molar-refractivity contribution >= 4 is 22.2 Å². The average molecular weight is 419 g/mol. The van der Waals surface area contributed by atoms with Crippen molar-refractivity contribution < 1.29 is 5.11 Å². The Morgan fingerprint density at radius 2 is 1.50 bits per heavy atom. The van der Waals surface area contributed by atoms with Gasteiger partial charge in [0, 0.05) is 5.56 Å². The first kappa shape index (κ1) is 19.3. The van der Waals surface area contributed by atoms with Crippen molar-refractivity contribution in [1.82, 2.24) is 0 Å². The molecule has 6 rings (SSSR count). The molecule has 0 saturated carbocycles. The van der Waals surface area contributed by atoms with Crippen LogP contribution in [0.25, 0.3) is 10.8 Å². The number of fused-ring (bicyclic) bond motifs is 2. The molecule has 1 heterocycles. The summed E-state index contributed by atoms with van der Waals surface area (Å²) in [6.45, 7) is 0. The predicted molar refractivity (Wildman–Crippen MR) is 131 cm³/mol. The van der Waals surface area contributed by atoms with Crippen molar-refractivity contribution in [3.05, 3.63) is 113 Å². The quantitative estimate of drug-likeness (QED) is 0.440. The van der Waals surface area contributed by atoms with Crippen LogP contribution in [0, 0.1) is 0 Å². The van der Waals surface area contributed by atoms with E-state index in [0.717, 1.165) is 40.8 Å². The van der Waals surface area contributed by atoms with Crippen molar-refractivity contribution in [2.24, 2.45) is 5.10 Å². The van der Waals surface area contributed by atoms with Crippen molar-refractivity contribution in [2.45, 2.75) is 37.8 Å². The van der Waals surface area contributed by atoms with Gasteiger partial charge in [-0.2, -0.15) is 5.10 Å². The van der Waals surface area contributed by atoms with Gasteiger partial charge in [0.25, 0.3) is 0 Å². The van der Waals surface area contributed by atoms with E-state index in [2.05, 4.69) is 72.8 Å². The summed E-state index contributed by atoms with van der Waals surface area (Å²) in [5.74, 6) is 0. The first-order chi connectivity index (χ1) is 15.8. The second kappa shape index (κ2) is 7.92. The molecule has 0 radical (unpaired) electrons. The standard InChI is InChI=1S/C29H26N2O/c32-29-27(23-18-17-20-9-4-5-11-22(20)19-23)30-31(24-13-2-1-3-14-24)28(29)26-16-8-12-21-10-6-7-15-25(21)26/h1-3,6-8,10,12-19,28-29,32H,4-5,9,11H2. The van der Waals surface area contributed by atoms with Gasteiger partial charge in [-0.1, -0.05) is 72.8 Å². The smallest absolute Gasteiger partial charge is 0.125 e. The minimum atomic E-state index is -0.720. The molecule has 0 spiro atoms. The van der Waals surface area contributed by atoms with Crippen LogP contribution >= 0.6 is 0 Å². The molecule has 0 fully saturated rings. The maximum atomic E-state index is 11.7. The molecule has 0 aromatic heterocycles. The molecule has 0 saturated heterocycles. The highest BCUT2D eigenvalue weighted by atomic mass is 16.3. The van der Waals surface area contributed by atoms with Gasteiger partial charge in [-0.3, -0.25) is 5.01 Å². The average Bonchev–Trinajstić information content (AvgIpc) is 3.20. The molecule has 0 bridgehead atoms. The molecule has 4 aromatic rings. The lowest BCUT2D eigenvalue weighted by Crippen LogP contribution is -2.30. The van der Waals surface area contributed by atoms with Gasteiger partial charge in [0.2, 0.25) is 0 Å². The fraction of sp³-hybridized carbons (Fsp3) is 0.207. The summed E-state index contributed by atoms with van der Waals surface area (Å²) in [6.07, 6.45) is 4.05. The zero-order chi connectivity index (χ0) is 21.5. The van der Waals surface area contributed by atoms with Gasteiger partial charge in [-0.15, -0.1) is 0 Å². The Kier molecular flexibility index (Phi) is 4.77. The number of nitrogens with zero attached hydrogens (tertiary/aromatic N) is 2. The minimum absolute atomic E-state index is 0.283. The van der Waals surface area contributed by atoms with E-state index in [-0.39, 0.29) is 6.04 Å². The highest BCUT2D eigenvalue weighted by Crippen LogP contribution is 2.40. The zero-order valence-electron chi connectivity index (χ0n) is 18.0. The largest absolute Gasteiger partial charge is 0.384 e. The van der Waals surface area contributed by atoms with Gasteiger partial charge in [0.05, 0.1) is 11.4 Å². The summed E-state index contributed by atoms with van der Waals surface area (Å²) in [7, 11) is 0. The van der Waals surface area contributed by atoms with Crippen LogP contribution in [0.15, 0.2) is 96.1 Å². The molecule has 32 heavy (non-hydrogen) atoms. The van der Waals surface area contributed by atoms with E-state index in [1.54, 1.807) is 0 Å². The van der Waals surface area contributed by atoms with E-state index in [1.165, 1.54) is 29.4 Å². The first-order valence-electron chi connectivity index (χ1n) is 11.5. The maximum absolute atomic E-state index is 11.7. The summed E-state index contributed by atoms with van der Waals surface area (Å²) in [5.41, 5.74) is 6.71. The van der Waals surface area contributed by atoms with Crippen molar-refractivity contribution in [3.63, 3.8) is 0 Å². The molecule has 0 amide bonds. The number of benzene rings is 4. The Morgan fingerprint density at radius 3 is 2.38 bits per heavy atom. The number of aliphatic hydroxyl groups is 1. The molecule has 1 N–H and O–H groups in total. The van der Waals surface area contributed by atoms with Gasteiger partial charge in [0.15, 0.2) is 0 Å². The molecule has 158 valence electrons. The summed E-state index contributed by atoms with van der Waals surface area (Å²) < 4.78 is 0. The highest BCUT2D eigenvalue weighted by molar-refractivity contribution is 6.07. The van der Waals surface area contributed by atoms with E-state index >= 15 is 0 Å². The summed E-state index contributed by atoms with van der Waals surface area (Å²) in [4.78, 5) is 0. The fourth-order valence-corrected chi connectivity index (χ4v) is 5.25. The molecular weight excluding hydrogens is 392 g/mol. The normalized spacial score (nSPS) is 20.3. The van der Waals surface area contributed by atoms with Crippen LogP contribution in [0.5, 0.6) is 0 Å². The Bertz CT molecular complexity index is 1310. The third kappa shape index (κ3) is 3.21. The number of rotatable bonds is 3. The number of hydrogen-bond acceptors (Lipinski definition) is 3. The molecule has 2 aliphatic rings. The molecular formula is C29H26N2O. The Balaban J connectivity index is 1.49. The summed E-state index contributed by atoms with van der Waals surface area (Å²) in [6, 6.07) is 31.2. The Hall–Kier alpha value is -3.43. The second-order valence-electron chi connectivity index (χ2n) is 8.81. The lowest BCUT2D eigenvalue weighted by atomic mass is 9.87. The van der Waals surface area contributed by atoms with Crippen LogP contribution in [-0.4, -0.2) is 16.9 Å². The Labute approximate surface area is 188 Å². The minimum Gasteiger partial charge on any atom is -0.384 e. The van der Waals surface area contributed by atoms with E-state index < -0.39 is 6.10 Å². The number of para-hydroxylation sites is 1. The van der Waals surface area contributed by atoms with Crippen LogP contribution in [-0.2, 0) is 12.8 Å². The second-order valence-corrected chi connectivity index (χ2v) is 8.81. The van der Waals surface area contributed by atoms with Gasteiger partial charge >= 0.3 is 0 Å². The van der Waals surface area contributed by atoms with E-state index in [9.17, 15) is 5.11 Å². The molecule has 1 aliphatic carbocycles. The van der Waals surface area contributed by atoms with E-state index in [0.29, 0.717) is 0 Å². The van der Waals surface area contributed by atoms with Gasteiger partial charge in [0.1, 0.15) is 12.1 Å². The van der Waals surface area contributed by atoms with Gasteiger partial charge in [-0.05, 0) is 71.3 Å². The summed E-state index contributed by atoms with van der Waals surface area (Å²) >= 11 is 0. The third-order valence-corrected chi connectivity index (χ3v) is 6.87. The Morgan fingerprint density at radius 1 is 0.750 bits per heavy atom. The number of hydrazone groups is 1. The highest BCUT2D eigenvalue weighted by Gasteiger charge is 2.39. The number of anilines is 1. The van der Waals surface area contributed by atoms with E-state index in [1.807, 2.05) is 23.2 Å². The maximum Gasteiger partial charge on any atom is 0.125 e. The van der Waals surface area contributed by atoms with Crippen LogP contribution < -0.4 is 5.01 Å². The van der Waals surface area contributed by atoms with Crippen molar-refractivity contribution in [3.8, 4) is 0 Å². The molecule has 2 unspecified atom stereocenters. The lowest BCUT2D eigenvalue weighted by Gasteiger charge is -2.27.